The molecule has 0 N–H and O–H groups in total. The molecule has 3 atom stereocenters. The van der Waals surface area contributed by atoms with E-state index in [9.17, 15) is 4.79 Å². The van der Waals surface area contributed by atoms with Crippen molar-refractivity contribution >= 4 is 5.91 Å². The number of nitrogens with zero attached hydrogens (tertiary/aromatic N) is 2. The highest BCUT2D eigenvalue weighted by Crippen LogP contribution is 2.46. The zero-order valence-electron chi connectivity index (χ0n) is 14.6. The Morgan fingerprint density at radius 1 is 1.08 bits per heavy atom. The van der Waals surface area contributed by atoms with E-state index in [1.165, 1.54) is 37.1 Å². The van der Waals surface area contributed by atoms with E-state index < -0.39 is 0 Å². The molecule has 4 nitrogen and oxygen atoms in total. The van der Waals surface area contributed by atoms with Crippen molar-refractivity contribution in [2.75, 3.05) is 19.6 Å². The summed E-state index contributed by atoms with van der Waals surface area (Å²) in [6, 6.07) is 13.3. The van der Waals surface area contributed by atoms with Gasteiger partial charge in [0.25, 0.3) is 5.91 Å². The van der Waals surface area contributed by atoms with E-state index >= 15 is 0 Å². The first-order valence-electron chi connectivity index (χ1n) is 9.37. The molecule has 4 saturated heterocycles. The summed E-state index contributed by atoms with van der Waals surface area (Å²) in [5, 5.41) is 0. The third-order valence-electron chi connectivity index (χ3n) is 6.49. The Morgan fingerprint density at radius 2 is 1.84 bits per heavy atom. The predicted octanol–water partition coefficient (Wildman–Crippen LogP) is 3.29. The summed E-state index contributed by atoms with van der Waals surface area (Å²) in [5.41, 5.74) is 2.65. The molecule has 25 heavy (non-hydrogen) atoms. The highest BCUT2D eigenvalue weighted by Gasteiger charge is 2.54. The number of aryl methyl sites for hydroxylation is 1. The number of furan rings is 1. The summed E-state index contributed by atoms with van der Waals surface area (Å²) < 4.78 is 5.42. The lowest BCUT2D eigenvalue weighted by atomic mass is 9.75. The summed E-state index contributed by atoms with van der Waals surface area (Å²) in [7, 11) is 0. The molecule has 2 aromatic rings. The van der Waals surface area contributed by atoms with Crippen LogP contribution >= 0.6 is 0 Å². The van der Waals surface area contributed by atoms with Crippen LogP contribution in [0.2, 0.25) is 0 Å². The molecule has 1 aromatic heterocycles. The quantitative estimate of drug-likeness (QED) is 0.844. The van der Waals surface area contributed by atoms with Crippen LogP contribution in [0.5, 0.6) is 0 Å². The van der Waals surface area contributed by atoms with Crippen molar-refractivity contribution < 1.29 is 9.21 Å². The Morgan fingerprint density at radius 3 is 2.52 bits per heavy atom. The van der Waals surface area contributed by atoms with Crippen LogP contribution in [0.25, 0.3) is 0 Å². The summed E-state index contributed by atoms with van der Waals surface area (Å²) in [6.45, 7) is 5.28. The fourth-order valence-corrected chi connectivity index (χ4v) is 5.30. The van der Waals surface area contributed by atoms with Crippen molar-refractivity contribution in [2.24, 2.45) is 5.92 Å². The van der Waals surface area contributed by atoms with E-state index in [4.69, 9.17) is 4.42 Å². The average molecular weight is 336 g/mol. The van der Waals surface area contributed by atoms with E-state index in [-0.39, 0.29) is 5.91 Å². The smallest absolute Gasteiger partial charge is 0.289 e. The first kappa shape index (κ1) is 15.2. The van der Waals surface area contributed by atoms with Gasteiger partial charge in [0.15, 0.2) is 5.76 Å². The van der Waals surface area contributed by atoms with Gasteiger partial charge in [0, 0.05) is 18.5 Å². The largest absolute Gasteiger partial charge is 0.459 e. The van der Waals surface area contributed by atoms with Gasteiger partial charge in [0.05, 0.1) is 12.3 Å². The second-order valence-electron chi connectivity index (χ2n) is 7.81. The van der Waals surface area contributed by atoms with E-state index in [0.717, 1.165) is 6.54 Å². The Hall–Kier alpha value is -2.07. The number of likely N-dealkylation sites (tertiary alicyclic amines) is 1. The van der Waals surface area contributed by atoms with E-state index in [2.05, 4.69) is 41.0 Å². The summed E-state index contributed by atoms with van der Waals surface area (Å²) in [5.74, 6) is 1.56. The molecule has 0 aliphatic carbocycles. The first-order chi connectivity index (χ1) is 12.2. The van der Waals surface area contributed by atoms with E-state index in [0.29, 0.717) is 29.7 Å². The highest BCUT2D eigenvalue weighted by atomic mass is 16.3. The lowest BCUT2D eigenvalue weighted by molar-refractivity contribution is -0.00428. The fraction of sp³-hybridized carbons (Fsp3) is 0.476. The second-order valence-corrected chi connectivity index (χ2v) is 7.81. The lowest BCUT2D eigenvalue weighted by Gasteiger charge is -2.51. The number of amides is 1. The molecule has 0 radical (unpaired) electrons. The maximum absolute atomic E-state index is 13.1. The van der Waals surface area contributed by atoms with Gasteiger partial charge in [-0.25, -0.2) is 0 Å². The molecule has 2 bridgehead atoms. The number of carbonyl (C=O) groups excluding carboxylic acids is 1. The molecule has 6 rings (SSSR count). The van der Waals surface area contributed by atoms with Crippen LogP contribution in [0.3, 0.4) is 0 Å². The van der Waals surface area contributed by atoms with Gasteiger partial charge in [0.2, 0.25) is 0 Å². The summed E-state index contributed by atoms with van der Waals surface area (Å²) in [6.07, 6.45) is 4.02. The average Bonchev–Trinajstić information content (AvgIpc) is 3.32. The number of carbonyl (C=O) groups is 1. The summed E-state index contributed by atoms with van der Waals surface area (Å²) >= 11 is 0. The van der Waals surface area contributed by atoms with Gasteiger partial charge in [-0.3, -0.25) is 9.69 Å². The fourth-order valence-electron chi connectivity index (χ4n) is 5.30. The first-order valence-corrected chi connectivity index (χ1v) is 9.37. The molecule has 0 spiro atoms. The maximum atomic E-state index is 13.1. The minimum absolute atomic E-state index is 0.0587. The van der Waals surface area contributed by atoms with Gasteiger partial charge in [-0.15, -0.1) is 0 Å². The monoisotopic (exact) mass is 336 g/mol. The number of piperidine rings is 3. The van der Waals surface area contributed by atoms with E-state index in [1.807, 2.05) is 0 Å². The normalized spacial score (nSPS) is 33.5. The third-order valence-corrected chi connectivity index (χ3v) is 6.49. The number of rotatable bonds is 2. The zero-order chi connectivity index (χ0) is 17.0. The van der Waals surface area contributed by atoms with Crippen LogP contribution < -0.4 is 0 Å². The van der Waals surface area contributed by atoms with Crippen molar-refractivity contribution in [3.63, 3.8) is 0 Å². The van der Waals surface area contributed by atoms with Crippen molar-refractivity contribution in [3.8, 4) is 0 Å². The van der Waals surface area contributed by atoms with Gasteiger partial charge in [-0.1, -0.05) is 29.8 Å². The Bertz CT molecular complexity index is 760. The molecule has 4 aliphatic rings. The SMILES string of the molecule is Cc1ccc([C@@H]2CN(C(=O)c3ccco3)[C@H]3C4CCN(CC4)[C@@H]23)cc1. The van der Waals surface area contributed by atoms with Crippen molar-refractivity contribution in [3.05, 3.63) is 59.5 Å². The van der Waals surface area contributed by atoms with Crippen molar-refractivity contribution in [2.45, 2.75) is 37.8 Å². The van der Waals surface area contributed by atoms with Gasteiger partial charge < -0.3 is 9.32 Å². The number of benzene rings is 1. The minimum atomic E-state index is 0.0587. The Labute approximate surface area is 148 Å². The van der Waals surface area contributed by atoms with Crippen LogP contribution in [0.1, 0.15) is 40.4 Å². The predicted molar refractivity (Wildman–Crippen MR) is 95.5 cm³/mol. The molecule has 0 unspecified atom stereocenters. The van der Waals surface area contributed by atoms with Crippen LogP contribution in [-0.2, 0) is 0 Å². The van der Waals surface area contributed by atoms with Crippen molar-refractivity contribution in [1.82, 2.24) is 9.80 Å². The Kier molecular flexibility index (Phi) is 3.49. The molecule has 0 saturated carbocycles. The minimum Gasteiger partial charge on any atom is -0.459 e. The molecular formula is C21H24N2O2. The third kappa shape index (κ3) is 2.35. The lowest BCUT2D eigenvalue weighted by Crippen LogP contribution is -2.60. The van der Waals surface area contributed by atoms with Gasteiger partial charge in [0.1, 0.15) is 0 Å². The number of fused-ring (bicyclic) bond motifs is 2. The second kappa shape index (κ2) is 5.73. The van der Waals surface area contributed by atoms with Gasteiger partial charge in [-0.2, -0.15) is 0 Å². The molecule has 1 amide bonds. The Balaban J connectivity index is 1.53. The molecular weight excluding hydrogens is 312 g/mol. The number of hydrogen-bond acceptors (Lipinski definition) is 3. The molecule has 5 heterocycles. The standard InChI is InChI=1S/C21H24N2O2/c1-14-4-6-15(7-5-14)17-13-23(21(24)18-3-2-12-25-18)19-16-8-10-22(11-9-16)20(17)19/h2-7,12,16-17,19-20H,8-11,13H2,1H3/t17-,19-,20-/m0/s1. The highest BCUT2D eigenvalue weighted by molar-refractivity contribution is 5.92. The molecule has 1 aromatic carbocycles. The maximum Gasteiger partial charge on any atom is 0.289 e. The van der Waals surface area contributed by atoms with Crippen molar-refractivity contribution in [1.29, 1.82) is 0 Å². The van der Waals surface area contributed by atoms with E-state index in [1.54, 1.807) is 18.4 Å². The van der Waals surface area contributed by atoms with Crippen LogP contribution in [0, 0.1) is 12.8 Å². The molecule has 4 fully saturated rings. The topological polar surface area (TPSA) is 36.7 Å². The van der Waals surface area contributed by atoms with Gasteiger partial charge in [-0.05, 0) is 56.5 Å². The molecule has 130 valence electrons. The summed E-state index contributed by atoms with van der Waals surface area (Å²) in [4.78, 5) is 17.8. The number of hydrogen-bond donors (Lipinski definition) is 0. The zero-order valence-corrected chi connectivity index (χ0v) is 14.6. The molecule has 4 heteroatoms. The van der Waals surface area contributed by atoms with Crippen LogP contribution in [-0.4, -0.2) is 47.4 Å². The van der Waals surface area contributed by atoms with Crippen LogP contribution in [0.15, 0.2) is 47.1 Å². The molecule has 4 aliphatic heterocycles. The van der Waals surface area contributed by atoms with Crippen LogP contribution in [0.4, 0.5) is 0 Å². The van der Waals surface area contributed by atoms with Gasteiger partial charge >= 0.3 is 0 Å².